The van der Waals surface area contributed by atoms with Crippen molar-refractivity contribution < 1.29 is 14.3 Å². The van der Waals surface area contributed by atoms with Crippen LogP contribution in [0, 0.1) is 5.92 Å². The molecule has 0 spiro atoms. The molecule has 2 aromatic carbocycles. The third-order valence-corrected chi connectivity index (χ3v) is 5.12. The van der Waals surface area contributed by atoms with Crippen LogP contribution in [0.3, 0.4) is 0 Å². The van der Waals surface area contributed by atoms with Crippen LogP contribution in [0.15, 0.2) is 42.5 Å². The van der Waals surface area contributed by atoms with Gasteiger partial charge in [-0.05, 0) is 54.7 Å². The number of carbonyl (C=O) groups excluding carboxylic acids is 2. The molecular formula is C20H19ClN2O3. The standard InChI is InChI=1S/C20H19ClN2O3/c21-16-4-1-13(2-5-16)9-14-7-8-23(11-14)20(25)15-3-6-17-18(10-15)26-12-19(24)22-17/h1-6,10,14H,7-9,11-12H2,(H,22,24). The number of amides is 2. The van der Waals surface area contributed by atoms with Crippen LogP contribution in [0.1, 0.15) is 22.3 Å². The molecule has 2 aliphatic heterocycles. The molecule has 1 N–H and O–H groups in total. The lowest BCUT2D eigenvalue weighted by atomic mass is 9.99. The van der Waals surface area contributed by atoms with Crippen molar-refractivity contribution in [2.45, 2.75) is 12.8 Å². The molecule has 4 rings (SSSR count). The van der Waals surface area contributed by atoms with Crippen LogP contribution in [0.2, 0.25) is 5.02 Å². The van der Waals surface area contributed by atoms with Crippen LogP contribution in [0.4, 0.5) is 5.69 Å². The van der Waals surface area contributed by atoms with E-state index < -0.39 is 0 Å². The van der Waals surface area contributed by atoms with Crippen LogP contribution in [0.5, 0.6) is 5.75 Å². The Balaban J connectivity index is 1.41. The van der Waals surface area contributed by atoms with E-state index in [-0.39, 0.29) is 18.4 Å². The monoisotopic (exact) mass is 370 g/mol. The second-order valence-corrected chi connectivity index (χ2v) is 7.22. The lowest BCUT2D eigenvalue weighted by Gasteiger charge is -2.20. The number of rotatable bonds is 3. The van der Waals surface area contributed by atoms with Crippen molar-refractivity contribution in [3.05, 3.63) is 58.6 Å². The van der Waals surface area contributed by atoms with Crippen molar-refractivity contribution >= 4 is 29.1 Å². The van der Waals surface area contributed by atoms with E-state index in [1.165, 1.54) is 5.56 Å². The molecule has 5 nitrogen and oxygen atoms in total. The van der Waals surface area contributed by atoms with E-state index in [2.05, 4.69) is 5.32 Å². The number of benzene rings is 2. The van der Waals surface area contributed by atoms with E-state index in [1.54, 1.807) is 18.2 Å². The maximum Gasteiger partial charge on any atom is 0.262 e. The third-order valence-electron chi connectivity index (χ3n) is 4.87. The largest absolute Gasteiger partial charge is 0.482 e. The van der Waals surface area contributed by atoms with Gasteiger partial charge >= 0.3 is 0 Å². The molecule has 0 radical (unpaired) electrons. The normalized spacial score (nSPS) is 18.9. The highest BCUT2D eigenvalue weighted by molar-refractivity contribution is 6.30. The van der Waals surface area contributed by atoms with Crippen molar-refractivity contribution in [3.8, 4) is 5.75 Å². The lowest BCUT2D eigenvalue weighted by molar-refractivity contribution is -0.118. The molecule has 0 aromatic heterocycles. The van der Waals surface area contributed by atoms with E-state index >= 15 is 0 Å². The number of anilines is 1. The summed E-state index contributed by atoms with van der Waals surface area (Å²) in [6.45, 7) is 1.49. The van der Waals surface area contributed by atoms with Gasteiger partial charge in [-0.2, -0.15) is 0 Å². The number of fused-ring (bicyclic) bond motifs is 1. The topological polar surface area (TPSA) is 58.6 Å². The van der Waals surface area contributed by atoms with Crippen molar-refractivity contribution in [2.24, 2.45) is 5.92 Å². The Hall–Kier alpha value is -2.53. The predicted molar refractivity (Wildman–Crippen MR) is 99.7 cm³/mol. The first-order chi connectivity index (χ1) is 12.6. The molecule has 2 aromatic rings. The molecule has 26 heavy (non-hydrogen) atoms. The highest BCUT2D eigenvalue weighted by Crippen LogP contribution is 2.30. The summed E-state index contributed by atoms with van der Waals surface area (Å²) in [7, 11) is 0. The van der Waals surface area contributed by atoms with Gasteiger partial charge in [-0.3, -0.25) is 9.59 Å². The second-order valence-electron chi connectivity index (χ2n) is 6.78. The lowest BCUT2D eigenvalue weighted by Crippen LogP contribution is -2.29. The second kappa shape index (κ2) is 7.00. The average molecular weight is 371 g/mol. The molecule has 0 bridgehead atoms. The Bertz CT molecular complexity index is 851. The molecule has 6 heteroatoms. The Morgan fingerprint density at radius 3 is 2.85 bits per heavy atom. The minimum atomic E-state index is -0.179. The molecule has 1 unspecified atom stereocenters. The molecule has 1 fully saturated rings. The van der Waals surface area contributed by atoms with Crippen molar-refractivity contribution in [2.75, 3.05) is 25.0 Å². The first-order valence-electron chi connectivity index (χ1n) is 8.69. The summed E-state index contributed by atoms with van der Waals surface area (Å²) in [5.74, 6) is 0.828. The fraction of sp³-hybridized carbons (Fsp3) is 0.300. The predicted octanol–water partition coefficient (Wildman–Crippen LogP) is 3.38. The number of hydrogen-bond donors (Lipinski definition) is 1. The van der Waals surface area contributed by atoms with Gasteiger partial charge in [-0.15, -0.1) is 0 Å². The van der Waals surface area contributed by atoms with Gasteiger partial charge in [0.25, 0.3) is 11.8 Å². The van der Waals surface area contributed by atoms with Crippen LogP contribution in [-0.2, 0) is 11.2 Å². The number of carbonyl (C=O) groups is 2. The van der Waals surface area contributed by atoms with E-state index in [4.69, 9.17) is 16.3 Å². The van der Waals surface area contributed by atoms with E-state index in [9.17, 15) is 9.59 Å². The van der Waals surface area contributed by atoms with Crippen LogP contribution >= 0.6 is 11.6 Å². The zero-order valence-electron chi connectivity index (χ0n) is 14.2. The molecule has 2 amide bonds. The molecule has 2 aliphatic rings. The Morgan fingerprint density at radius 1 is 1.23 bits per heavy atom. The van der Waals surface area contributed by atoms with E-state index in [0.29, 0.717) is 22.9 Å². The quantitative estimate of drug-likeness (QED) is 0.901. The first-order valence-corrected chi connectivity index (χ1v) is 9.07. The number of likely N-dealkylation sites (tertiary alicyclic amines) is 1. The van der Waals surface area contributed by atoms with Gasteiger partial charge in [-0.1, -0.05) is 23.7 Å². The van der Waals surface area contributed by atoms with E-state index in [0.717, 1.165) is 31.0 Å². The first kappa shape index (κ1) is 16.9. The van der Waals surface area contributed by atoms with Crippen molar-refractivity contribution in [1.82, 2.24) is 4.90 Å². The minimum Gasteiger partial charge on any atom is -0.482 e. The number of halogens is 1. The summed E-state index contributed by atoms with van der Waals surface area (Å²) in [4.78, 5) is 26.0. The van der Waals surface area contributed by atoms with Crippen LogP contribution in [0.25, 0.3) is 0 Å². The third kappa shape index (κ3) is 3.53. The van der Waals surface area contributed by atoms with Crippen LogP contribution < -0.4 is 10.1 Å². The van der Waals surface area contributed by atoms with Gasteiger partial charge in [0.1, 0.15) is 5.75 Å². The molecule has 0 saturated carbocycles. The Kier molecular flexibility index (Phi) is 4.55. The maximum absolute atomic E-state index is 12.8. The number of nitrogens with zero attached hydrogens (tertiary/aromatic N) is 1. The van der Waals surface area contributed by atoms with E-state index in [1.807, 2.05) is 29.2 Å². The molecule has 1 saturated heterocycles. The SMILES string of the molecule is O=C1COc2cc(C(=O)N3CCC(Cc4ccc(Cl)cc4)C3)ccc2N1. The van der Waals surface area contributed by atoms with Gasteiger partial charge in [0.2, 0.25) is 0 Å². The van der Waals surface area contributed by atoms with Gasteiger partial charge < -0.3 is 15.0 Å². The van der Waals surface area contributed by atoms with Gasteiger partial charge in [0.15, 0.2) is 6.61 Å². The molecule has 134 valence electrons. The highest BCUT2D eigenvalue weighted by atomic mass is 35.5. The molecule has 2 heterocycles. The average Bonchev–Trinajstić information content (AvgIpc) is 3.11. The van der Waals surface area contributed by atoms with Gasteiger partial charge in [-0.25, -0.2) is 0 Å². The van der Waals surface area contributed by atoms with Crippen molar-refractivity contribution in [3.63, 3.8) is 0 Å². The molecular weight excluding hydrogens is 352 g/mol. The number of ether oxygens (including phenoxy) is 1. The van der Waals surface area contributed by atoms with Crippen molar-refractivity contribution in [1.29, 1.82) is 0 Å². The van der Waals surface area contributed by atoms with Gasteiger partial charge in [0, 0.05) is 23.7 Å². The Morgan fingerprint density at radius 2 is 2.04 bits per heavy atom. The summed E-state index contributed by atoms with van der Waals surface area (Å²) in [6.07, 6.45) is 1.94. The van der Waals surface area contributed by atoms with Crippen LogP contribution in [-0.4, -0.2) is 36.4 Å². The number of hydrogen-bond acceptors (Lipinski definition) is 3. The minimum absolute atomic E-state index is 0.00639. The summed E-state index contributed by atoms with van der Waals surface area (Å²) in [6, 6.07) is 13.1. The summed E-state index contributed by atoms with van der Waals surface area (Å²) in [5.41, 5.74) is 2.44. The highest BCUT2D eigenvalue weighted by Gasteiger charge is 2.28. The number of nitrogens with one attached hydrogen (secondary N) is 1. The maximum atomic E-state index is 12.8. The fourth-order valence-corrected chi connectivity index (χ4v) is 3.65. The summed E-state index contributed by atoms with van der Waals surface area (Å²) < 4.78 is 5.41. The Labute approximate surface area is 156 Å². The van der Waals surface area contributed by atoms with Gasteiger partial charge in [0.05, 0.1) is 5.69 Å². The zero-order chi connectivity index (χ0) is 18.1. The molecule has 1 atom stereocenters. The smallest absolute Gasteiger partial charge is 0.262 e. The zero-order valence-corrected chi connectivity index (χ0v) is 15.0. The summed E-state index contributed by atoms with van der Waals surface area (Å²) >= 11 is 5.93. The fourth-order valence-electron chi connectivity index (χ4n) is 3.53. The summed E-state index contributed by atoms with van der Waals surface area (Å²) in [5, 5.41) is 3.47. The molecule has 0 aliphatic carbocycles.